The van der Waals surface area contributed by atoms with E-state index in [-0.39, 0.29) is 0 Å². The molecular formula is C18H23NO3S. The zero-order chi connectivity index (χ0) is 16.1. The van der Waals surface area contributed by atoms with Gasteiger partial charge in [-0.2, -0.15) is 0 Å². The van der Waals surface area contributed by atoms with Gasteiger partial charge in [-0.15, -0.1) is 11.3 Å². The Balaban J connectivity index is 1.45. The van der Waals surface area contributed by atoms with E-state index in [9.17, 15) is 10.2 Å². The summed E-state index contributed by atoms with van der Waals surface area (Å²) in [5, 5.41) is 24.8. The number of hydrogen-bond acceptors (Lipinski definition) is 5. The molecule has 2 heterocycles. The van der Waals surface area contributed by atoms with Gasteiger partial charge in [0, 0.05) is 25.0 Å². The topological polar surface area (TPSA) is 52.9 Å². The van der Waals surface area contributed by atoms with Gasteiger partial charge >= 0.3 is 0 Å². The summed E-state index contributed by atoms with van der Waals surface area (Å²) in [6.45, 7) is 2.44. The summed E-state index contributed by atoms with van der Waals surface area (Å²) in [4.78, 5) is 2.19. The highest BCUT2D eigenvalue weighted by Crippen LogP contribution is 2.32. The quantitative estimate of drug-likeness (QED) is 0.853. The fraction of sp³-hybridized carbons (Fsp3) is 0.444. The molecular weight excluding hydrogens is 310 g/mol. The number of aliphatic hydroxyl groups excluding tert-OH is 1. The van der Waals surface area contributed by atoms with E-state index < -0.39 is 11.7 Å². The fourth-order valence-electron chi connectivity index (χ4n) is 3.02. The Labute approximate surface area is 141 Å². The Bertz CT molecular complexity index is 580. The summed E-state index contributed by atoms with van der Waals surface area (Å²) in [5.41, 5.74) is 0.247. The average Bonchev–Trinajstić information content (AvgIpc) is 3.10. The van der Waals surface area contributed by atoms with E-state index in [2.05, 4.69) is 4.90 Å². The monoisotopic (exact) mass is 333 g/mol. The van der Waals surface area contributed by atoms with E-state index in [0.29, 0.717) is 26.0 Å². The fourth-order valence-corrected chi connectivity index (χ4v) is 3.59. The van der Waals surface area contributed by atoms with E-state index in [4.69, 9.17) is 4.74 Å². The number of β-amino-alcohol motifs (C(OH)–C–C–N with tert-alkyl or cyclic N) is 1. The van der Waals surface area contributed by atoms with Gasteiger partial charge < -0.3 is 19.8 Å². The molecule has 2 aromatic rings. The van der Waals surface area contributed by atoms with Gasteiger partial charge in [0.1, 0.15) is 18.5 Å². The van der Waals surface area contributed by atoms with Crippen LogP contribution >= 0.6 is 11.3 Å². The average molecular weight is 333 g/mol. The summed E-state index contributed by atoms with van der Waals surface area (Å²) in [6, 6.07) is 11.8. The number of piperidine rings is 1. The van der Waals surface area contributed by atoms with Crippen molar-refractivity contribution in [2.24, 2.45) is 0 Å². The molecule has 5 heteroatoms. The third-order valence-electron chi connectivity index (χ3n) is 4.40. The maximum absolute atomic E-state index is 10.8. The number of aliphatic hydroxyl groups is 2. The molecule has 1 aromatic heterocycles. The number of rotatable bonds is 6. The van der Waals surface area contributed by atoms with Crippen LogP contribution in [0.1, 0.15) is 18.4 Å². The van der Waals surface area contributed by atoms with E-state index >= 15 is 0 Å². The normalized spacial score (nSPS) is 19.4. The van der Waals surface area contributed by atoms with Crippen molar-refractivity contribution in [3.8, 4) is 5.75 Å². The van der Waals surface area contributed by atoms with Gasteiger partial charge in [0.25, 0.3) is 0 Å². The third kappa shape index (κ3) is 4.32. The van der Waals surface area contributed by atoms with Crippen molar-refractivity contribution < 1.29 is 14.9 Å². The van der Waals surface area contributed by atoms with Crippen molar-refractivity contribution in [1.82, 2.24) is 4.90 Å². The molecule has 2 N–H and O–H groups in total. The first kappa shape index (κ1) is 16.5. The predicted molar refractivity (Wildman–Crippen MR) is 91.8 cm³/mol. The van der Waals surface area contributed by atoms with Crippen LogP contribution in [0.5, 0.6) is 5.75 Å². The molecule has 1 atom stereocenters. The van der Waals surface area contributed by atoms with E-state index in [0.717, 1.165) is 24.4 Å². The second-order valence-electron chi connectivity index (χ2n) is 6.12. The zero-order valence-corrected chi connectivity index (χ0v) is 13.9. The summed E-state index contributed by atoms with van der Waals surface area (Å²) >= 11 is 1.58. The lowest BCUT2D eigenvalue weighted by Gasteiger charge is -2.39. The molecule has 0 amide bonds. The molecule has 1 fully saturated rings. The third-order valence-corrected chi connectivity index (χ3v) is 5.06. The van der Waals surface area contributed by atoms with Crippen LogP contribution in [0.3, 0.4) is 0 Å². The minimum atomic E-state index is -0.740. The minimum Gasteiger partial charge on any atom is -0.490 e. The van der Waals surface area contributed by atoms with Crippen molar-refractivity contribution in [3.63, 3.8) is 0 Å². The van der Waals surface area contributed by atoms with Gasteiger partial charge in [-0.1, -0.05) is 30.3 Å². The Hall–Kier alpha value is -1.40. The summed E-state index contributed by atoms with van der Waals surface area (Å²) < 4.78 is 5.54. The second kappa shape index (κ2) is 7.45. The zero-order valence-electron chi connectivity index (χ0n) is 13.1. The molecule has 0 saturated carbocycles. The van der Waals surface area contributed by atoms with Crippen molar-refractivity contribution in [2.45, 2.75) is 24.5 Å². The number of nitrogens with zero attached hydrogens (tertiary/aromatic N) is 1. The van der Waals surface area contributed by atoms with Gasteiger partial charge in [0.15, 0.2) is 0 Å². The Morgan fingerprint density at radius 3 is 2.57 bits per heavy atom. The van der Waals surface area contributed by atoms with Crippen LogP contribution in [0.25, 0.3) is 0 Å². The standard InChI is InChI=1S/C18H23NO3S/c20-16(13-22-17-6-11-23-14-17)12-19-9-7-18(21,8-10-19)15-4-2-1-3-5-15/h1-6,11,14,16,20-21H,7-10,12-13H2. The number of ether oxygens (including phenoxy) is 1. The van der Waals surface area contributed by atoms with Crippen LogP contribution in [-0.4, -0.2) is 47.5 Å². The van der Waals surface area contributed by atoms with Gasteiger partial charge in [-0.3, -0.25) is 0 Å². The van der Waals surface area contributed by atoms with E-state index in [1.54, 1.807) is 11.3 Å². The number of benzene rings is 1. The predicted octanol–water partition coefficient (Wildman–Crippen LogP) is 2.47. The molecule has 4 nitrogen and oxygen atoms in total. The molecule has 0 aliphatic carbocycles. The minimum absolute atomic E-state index is 0.302. The molecule has 23 heavy (non-hydrogen) atoms. The lowest BCUT2D eigenvalue weighted by Crippen LogP contribution is -2.46. The first-order chi connectivity index (χ1) is 11.2. The molecule has 1 aromatic carbocycles. The number of likely N-dealkylation sites (tertiary alicyclic amines) is 1. The molecule has 0 spiro atoms. The molecule has 3 rings (SSSR count). The largest absolute Gasteiger partial charge is 0.490 e. The molecule has 1 saturated heterocycles. The summed E-state index contributed by atoms with van der Waals surface area (Å²) in [7, 11) is 0. The van der Waals surface area contributed by atoms with Crippen LogP contribution in [0.15, 0.2) is 47.2 Å². The second-order valence-corrected chi connectivity index (χ2v) is 6.90. The number of hydrogen-bond donors (Lipinski definition) is 2. The van der Waals surface area contributed by atoms with Crippen LogP contribution < -0.4 is 4.74 Å². The summed E-state index contributed by atoms with van der Waals surface area (Å²) in [5.74, 6) is 0.811. The highest BCUT2D eigenvalue weighted by Gasteiger charge is 2.34. The number of thiophene rings is 1. The van der Waals surface area contributed by atoms with Crippen LogP contribution in [0.2, 0.25) is 0 Å². The SMILES string of the molecule is OC(COc1ccsc1)CN1CCC(O)(c2ccccc2)CC1. The highest BCUT2D eigenvalue weighted by atomic mass is 32.1. The molecule has 1 aliphatic rings. The molecule has 0 bridgehead atoms. The van der Waals surface area contributed by atoms with Crippen LogP contribution in [0, 0.1) is 0 Å². The first-order valence-corrected chi connectivity index (χ1v) is 8.93. The summed E-state index contributed by atoms with van der Waals surface area (Å²) in [6.07, 6.45) is 0.863. The van der Waals surface area contributed by atoms with Crippen molar-refractivity contribution >= 4 is 11.3 Å². The lowest BCUT2D eigenvalue weighted by molar-refractivity contribution is -0.0372. The molecule has 1 aliphatic heterocycles. The smallest absolute Gasteiger partial charge is 0.130 e. The van der Waals surface area contributed by atoms with Gasteiger partial charge in [0.05, 0.1) is 5.60 Å². The molecule has 0 radical (unpaired) electrons. The maximum Gasteiger partial charge on any atom is 0.130 e. The van der Waals surface area contributed by atoms with Crippen LogP contribution in [0.4, 0.5) is 0 Å². The lowest BCUT2D eigenvalue weighted by atomic mass is 9.84. The highest BCUT2D eigenvalue weighted by molar-refractivity contribution is 7.08. The van der Waals surface area contributed by atoms with Gasteiger partial charge in [-0.25, -0.2) is 0 Å². The van der Waals surface area contributed by atoms with E-state index in [1.165, 1.54) is 0 Å². The Morgan fingerprint density at radius 2 is 1.91 bits per heavy atom. The van der Waals surface area contributed by atoms with Gasteiger partial charge in [-0.05, 0) is 29.9 Å². The maximum atomic E-state index is 10.8. The first-order valence-electron chi connectivity index (χ1n) is 7.99. The van der Waals surface area contributed by atoms with Crippen molar-refractivity contribution in [3.05, 3.63) is 52.7 Å². The molecule has 1 unspecified atom stereocenters. The molecule has 124 valence electrons. The van der Waals surface area contributed by atoms with Crippen molar-refractivity contribution in [2.75, 3.05) is 26.2 Å². The Morgan fingerprint density at radius 1 is 1.17 bits per heavy atom. The van der Waals surface area contributed by atoms with E-state index in [1.807, 2.05) is 47.2 Å². The van der Waals surface area contributed by atoms with Crippen molar-refractivity contribution in [1.29, 1.82) is 0 Å². The Kier molecular flexibility index (Phi) is 5.33. The van der Waals surface area contributed by atoms with Crippen LogP contribution in [-0.2, 0) is 5.60 Å². The van der Waals surface area contributed by atoms with Gasteiger partial charge in [0.2, 0.25) is 0 Å².